The minimum absolute atomic E-state index is 0.415. The summed E-state index contributed by atoms with van der Waals surface area (Å²) < 4.78 is 0. The Morgan fingerprint density at radius 1 is 1.21 bits per heavy atom. The third-order valence-electron chi connectivity index (χ3n) is 4.26. The lowest BCUT2D eigenvalue weighted by atomic mass is 9.94. The molecule has 1 aliphatic heterocycles. The molecule has 1 aromatic carbocycles. The molecule has 1 unspecified atom stereocenters. The Labute approximate surface area is 117 Å². The van der Waals surface area contributed by atoms with Crippen molar-refractivity contribution in [2.75, 3.05) is 26.2 Å². The van der Waals surface area contributed by atoms with Crippen molar-refractivity contribution in [1.29, 1.82) is 0 Å². The van der Waals surface area contributed by atoms with Crippen molar-refractivity contribution in [2.24, 2.45) is 11.5 Å². The van der Waals surface area contributed by atoms with Crippen LogP contribution in [0.2, 0.25) is 0 Å². The highest BCUT2D eigenvalue weighted by Crippen LogP contribution is 2.20. The third kappa shape index (κ3) is 4.30. The van der Waals surface area contributed by atoms with E-state index in [4.69, 9.17) is 11.5 Å². The summed E-state index contributed by atoms with van der Waals surface area (Å²) in [6, 6.07) is 9.21. The van der Waals surface area contributed by atoms with E-state index in [0.717, 1.165) is 45.4 Å². The Balaban J connectivity index is 1.84. The maximum Gasteiger partial charge on any atom is 0.00631 e. The van der Waals surface area contributed by atoms with Gasteiger partial charge >= 0.3 is 0 Å². The van der Waals surface area contributed by atoms with Gasteiger partial charge in [0.2, 0.25) is 0 Å². The molecule has 0 bridgehead atoms. The van der Waals surface area contributed by atoms with Crippen LogP contribution >= 0.6 is 0 Å². The number of likely N-dealkylation sites (tertiary alicyclic amines) is 1. The highest BCUT2D eigenvalue weighted by molar-refractivity contribution is 5.24. The van der Waals surface area contributed by atoms with Gasteiger partial charge in [-0.25, -0.2) is 0 Å². The second-order valence-electron chi connectivity index (χ2n) is 5.81. The van der Waals surface area contributed by atoms with Crippen molar-refractivity contribution in [2.45, 2.75) is 38.1 Å². The lowest BCUT2D eigenvalue weighted by Gasteiger charge is -2.31. The average molecular weight is 261 g/mol. The SMILES string of the molecule is Cc1ccc(C(CN)CCN2CCC(N)CC2)cc1. The summed E-state index contributed by atoms with van der Waals surface area (Å²) in [7, 11) is 0. The number of benzene rings is 1. The predicted octanol–water partition coefficient (Wildman–Crippen LogP) is 1.85. The van der Waals surface area contributed by atoms with Crippen LogP contribution < -0.4 is 11.5 Å². The molecular formula is C16H27N3. The molecule has 0 aromatic heterocycles. The van der Waals surface area contributed by atoms with Crippen LogP contribution in [0.3, 0.4) is 0 Å². The molecule has 1 heterocycles. The van der Waals surface area contributed by atoms with Gasteiger partial charge in [0, 0.05) is 6.04 Å². The molecule has 19 heavy (non-hydrogen) atoms. The number of aryl methyl sites for hydroxylation is 1. The Morgan fingerprint density at radius 2 is 1.84 bits per heavy atom. The topological polar surface area (TPSA) is 55.3 Å². The van der Waals surface area contributed by atoms with Gasteiger partial charge in [-0.05, 0) is 63.8 Å². The standard InChI is InChI=1S/C16H27N3/c1-13-2-4-14(5-3-13)15(12-17)6-9-19-10-7-16(18)8-11-19/h2-5,15-16H,6-12,17-18H2,1H3. The predicted molar refractivity (Wildman–Crippen MR) is 81.2 cm³/mol. The monoisotopic (exact) mass is 261 g/mol. The molecule has 0 aliphatic carbocycles. The summed E-state index contributed by atoms with van der Waals surface area (Å²) >= 11 is 0. The Morgan fingerprint density at radius 3 is 2.42 bits per heavy atom. The van der Waals surface area contributed by atoms with Gasteiger partial charge in [-0.2, -0.15) is 0 Å². The second-order valence-corrected chi connectivity index (χ2v) is 5.81. The van der Waals surface area contributed by atoms with Gasteiger partial charge in [0.05, 0.1) is 0 Å². The average Bonchev–Trinajstić information content (AvgIpc) is 2.43. The first-order valence-corrected chi connectivity index (χ1v) is 7.43. The van der Waals surface area contributed by atoms with Gasteiger partial charge in [0.25, 0.3) is 0 Å². The summed E-state index contributed by atoms with van der Waals surface area (Å²) in [5.41, 5.74) is 14.6. The van der Waals surface area contributed by atoms with Crippen LogP contribution in [0.1, 0.15) is 36.3 Å². The van der Waals surface area contributed by atoms with Gasteiger partial charge in [0.1, 0.15) is 0 Å². The fourth-order valence-corrected chi connectivity index (χ4v) is 2.77. The summed E-state index contributed by atoms with van der Waals surface area (Å²) in [5.74, 6) is 0.483. The van der Waals surface area contributed by atoms with E-state index in [1.165, 1.54) is 11.1 Å². The molecule has 3 nitrogen and oxygen atoms in total. The summed E-state index contributed by atoms with van der Waals surface area (Å²) in [6.45, 7) is 6.29. The van der Waals surface area contributed by atoms with Crippen LogP contribution in [0.4, 0.5) is 0 Å². The summed E-state index contributed by atoms with van der Waals surface area (Å²) in [6.07, 6.45) is 3.42. The van der Waals surface area contributed by atoms with Crippen LogP contribution in [-0.4, -0.2) is 37.1 Å². The number of hydrogen-bond donors (Lipinski definition) is 2. The van der Waals surface area contributed by atoms with E-state index in [1.807, 2.05) is 0 Å². The van der Waals surface area contributed by atoms with E-state index in [-0.39, 0.29) is 0 Å². The molecule has 1 aromatic rings. The fourth-order valence-electron chi connectivity index (χ4n) is 2.77. The number of rotatable bonds is 5. The zero-order valence-corrected chi connectivity index (χ0v) is 12.0. The van der Waals surface area contributed by atoms with Crippen molar-refractivity contribution in [3.63, 3.8) is 0 Å². The largest absolute Gasteiger partial charge is 0.330 e. The second kappa shape index (κ2) is 7.04. The van der Waals surface area contributed by atoms with Crippen molar-refractivity contribution in [3.8, 4) is 0 Å². The van der Waals surface area contributed by atoms with E-state index < -0.39 is 0 Å². The molecule has 3 heteroatoms. The van der Waals surface area contributed by atoms with Crippen molar-refractivity contribution in [1.82, 2.24) is 4.90 Å². The lowest BCUT2D eigenvalue weighted by Crippen LogP contribution is -2.40. The zero-order chi connectivity index (χ0) is 13.7. The van der Waals surface area contributed by atoms with E-state index in [1.54, 1.807) is 0 Å². The van der Waals surface area contributed by atoms with Crippen molar-refractivity contribution < 1.29 is 0 Å². The first-order valence-electron chi connectivity index (χ1n) is 7.43. The number of nitrogens with zero attached hydrogens (tertiary/aromatic N) is 1. The summed E-state index contributed by atoms with van der Waals surface area (Å²) in [4.78, 5) is 2.53. The van der Waals surface area contributed by atoms with Gasteiger partial charge in [-0.3, -0.25) is 0 Å². The maximum atomic E-state index is 5.94. The van der Waals surface area contributed by atoms with Crippen molar-refractivity contribution >= 4 is 0 Å². The van der Waals surface area contributed by atoms with Crippen molar-refractivity contribution in [3.05, 3.63) is 35.4 Å². The van der Waals surface area contributed by atoms with Gasteiger partial charge in [-0.1, -0.05) is 29.8 Å². The molecular weight excluding hydrogens is 234 g/mol. The quantitative estimate of drug-likeness (QED) is 0.850. The maximum absolute atomic E-state index is 5.94. The Kier molecular flexibility index (Phi) is 5.37. The third-order valence-corrected chi connectivity index (χ3v) is 4.26. The molecule has 0 spiro atoms. The highest BCUT2D eigenvalue weighted by atomic mass is 15.1. The normalized spacial score (nSPS) is 19.5. The number of hydrogen-bond acceptors (Lipinski definition) is 3. The molecule has 0 saturated carbocycles. The highest BCUT2D eigenvalue weighted by Gasteiger charge is 2.17. The summed E-state index contributed by atoms with van der Waals surface area (Å²) in [5, 5.41) is 0. The number of nitrogens with two attached hydrogens (primary N) is 2. The molecule has 0 amide bonds. The minimum atomic E-state index is 0.415. The Hall–Kier alpha value is -0.900. The fraction of sp³-hybridized carbons (Fsp3) is 0.625. The number of piperidine rings is 1. The molecule has 1 aliphatic rings. The minimum Gasteiger partial charge on any atom is -0.330 e. The first-order chi connectivity index (χ1) is 9.19. The van der Waals surface area contributed by atoms with Gasteiger partial charge in [0.15, 0.2) is 0 Å². The zero-order valence-electron chi connectivity index (χ0n) is 12.0. The first kappa shape index (κ1) is 14.5. The van der Waals surface area contributed by atoms with Crippen LogP contribution in [-0.2, 0) is 0 Å². The van der Waals surface area contributed by atoms with Crippen LogP contribution in [0.25, 0.3) is 0 Å². The van der Waals surface area contributed by atoms with E-state index in [2.05, 4.69) is 36.1 Å². The Bertz CT molecular complexity index is 366. The van der Waals surface area contributed by atoms with E-state index in [0.29, 0.717) is 12.0 Å². The van der Waals surface area contributed by atoms with Gasteiger partial charge in [-0.15, -0.1) is 0 Å². The molecule has 1 atom stereocenters. The van der Waals surface area contributed by atoms with E-state index >= 15 is 0 Å². The molecule has 4 N–H and O–H groups in total. The molecule has 106 valence electrons. The molecule has 1 fully saturated rings. The molecule has 0 radical (unpaired) electrons. The smallest absolute Gasteiger partial charge is 0.00631 e. The molecule has 2 rings (SSSR count). The van der Waals surface area contributed by atoms with E-state index in [9.17, 15) is 0 Å². The van der Waals surface area contributed by atoms with Gasteiger partial charge < -0.3 is 16.4 Å². The molecule has 1 saturated heterocycles. The van der Waals surface area contributed by atoms with Crippen LogP contribution in [0.5, 0.6) is 0 Å². The van der Waals surface area contributed by atoms with Crippen LogP contribution in [0.15, 0.2) is 24.3 Å². The lowest BCUT2D eigenvalue weighted by molar-refractivity contribution is 0.207. The van der Waals surface area contributed by atoms with Crippen LogP contribution in [0, 0.1) is 6.92 Å².